The number of methoxy groups -OCH3 is 1. The molecule has 0 spiro atoms. The minimum atomic E-state index is -0.621. The second kappa shape index (κ2) is 9.75. The number of nitriles is 1. The van der Waals surface area contributed by atoms with E-state index in [2.05, 4.69) is 10.6 Å². The number of esters is 1. The van der Waals surface area contributed by atoms with E-state index < -0.39 is 17.8 Å². The number of amides is 2. The Hall–Kier alpha value is -4.19. The van der Waals surface area contributed by atoms with E-state index >= 15 is 0 Å². The third kappa shape index (κ3) is 4.62. The van der Waals surface area contributed by atoms with Crippen molar-refractivity contribution in [2.75, 3.05) is 17.7 Å². The summed E-state index contributed by atoms with van der Waals surface area (Å²) in [6.45, 7) is 0. The van der Waals surface area contributed by atoms with Crippen LogP contribution in [-0.4, -0.2) is 24.9 Å². The molecule has 0 saturated carbocycles. The number of thiophene rings is 1. The zero-order valence-corrected chi connectivity index (χ0v) is 19.3. The summed E-state index contributed by atoms with van der Waals surface area (Å²) in [5.41, 5.74) is 1.16. The molecule has 0 atom stereocenters. The number of halogens is 1. The van der Waals surface area contributed by atoms with Crippen molar-refractivity contribution in [1.82, 2.24) is 0 Å². The second-order valence-corrected chi connectivity index (χ2v) is 8.52. The molecule has 0 unspecified atom stereocenters. The number of rotatable bonds is 5. The minimum Gasteiger partial charge on any atom is -0.465 e. The van der Waals surface area contributed by atoms with Crippen molar-refractivity contribution in [3.8, 4) is 6.07 Å². The SMILES string of the molecule is COC(=O)c1ccc(C(=O)Nc2cccc(C#N)c2)c(NC(=O)c2sc3ccccc3c2Cl)c1. The summed E-state index contributed by atoms with van der Waals surface area (Å²) >= 11 is 7.65. The molecule has 3 aromatic carbocycles. The summed E-state index contributed by atoms with van der Waals surface area (Å²) < 4.78 is 5.60. The van der Waals surface area contributed by atoms with E-state index in [9.17, 15) is 14.4 Å². The van der Waals surface area contributed by atoms with Crippen molar-refractivity contribution < 1.29 is 19.1 Å². The molecule has 9 heteroatoms. The molecular weight excluding hydrogens is 474 g/mol. The Kier molecular flexibility index (Phi) is 6.59. The number of nitrogens with one attached hydrogen (secondary N) is 2. The van der Waals surface area contributed by atoms with Crippen LogP contribution in [0.25, 0.3) is 10.1 Å². The average Bonchev–Trinajstić information content (AvgIpc) is 3.20. The fourth-order valence-corrected chi connectivity index (χ4v) is 4.71. The number of anilines is 2. The number of ether oxygens (including phenoxy) is 1. The summed E-state index contributed by atoms with van der Waals surface area (Å²) in [4.78, 5) is 38.5. The predicted octanol–water partition coefficient (Wildman–Crippen LogP) is 5.72. The Balaban J connectivity index is 1.69. The number of benzene rings is 3. The third-order valence-electron chi connectivity index (χ3n) is 4.92. The van der Waals surface area contributed by atoms with E-state index in [1.54, 1.807) is 18.2 Å². The topological polar surface area (TPSA) is 108 Å². The zero-order chi connectivity index (χ0) is 24.2. The molecule has 4 rings (SSSR count). The number of hydrogen-bond acceptors (Lipinski definition) is 6. The molecular formula is C25H16ClN3O4S. The molecule has 0 aliphatic rings. The predicted molar refractivity (Wildman–Crippen MR) is 132 cm³/mol. The van der Waals surface area contributed by atoms with Gasteiger partial charge in [0.15, 0.2) is 0 Å². The van der Waals surface area contributed by atoms with E-state index in [-0.39, 0.29) is 21.7 Å². The maximum absolute atomic E-state index is 13.1. The second-order valence-electron chi connectivity index (χ2n) is 7.09. The zero-order valence-electron chi connectivity index (χ0n) is 17.7. The van der Waals surface area contributed by atoms with Crippen LogP contribution >= 0.6 is 22.9 Å². The van der Waals surface area contributed by atoms with Crippen molar-refractivity contribution in [1.29, 1.82) is 5.26 Å². The van der Waals surface area contributed by atoms with E-state index in [1.807, 2.05) is 30.3 Å². The lowest BCUT2D eigenvalue weighted by atomic mass is 10.1. The summed E-state index contributed by atoms with van der Waals surface area (Å²) in [5.74, 6) is -1.68. The standard InChI is InChI=1S/C25H16ClN3O4S/c1-33-25(32)15-9-10-17(23(30)28-16-6-4-5-14(11-16)13-27)19(12-15)29-24(31)22-21(26)18-7-2-3-8-20(18)34-22/h2-12H,1H3,(H,28,30)(H,29,31). The fourth-order valence-electron chi connectivity index (χ4n) is 3.29. The molecule has 7 nitrogen and oxygen atoms in total. The van der Waals surface area contributed by atoms with Gasteiger partial charge >= 0.3 is 5.97 Å². The van der Waals surface area contributed by atoms with Gasteiger partial charge in [0.05, 0.1) is 40.6 Å². The third-order valence-corrected chi connectivity index (χ3v) is 6.60. The summed E-state index contributed by atoms with van der Waals surface area (Å²) in [5, 5.41) is 15.5. The summed E-state index contributed by atoms with van der Waals surface area (Å²) in [7, 11) is 1.24. The van der Waals surface area contributed by atoms with Gasteiger partial charge in [-0.1, -0.05) is 35.9 Å². The molecule has 0 bridgehead atoms. The number of carbonyl (C=O) groups excluding carboxylic acids is 3. The van der Waals surface area contributed by atoms with E-state index in [0.29, 0.717) is 16.3 Å². The van der Waals surface area contributed by atoms with Crippen LogP contribution in [0.2, 0.25) is 5.02 Å². The smallest absolute Gasteiger partial charge is 0.337 e. The highest BCUT2D eigenvalue weighted by Gasteiger charge is 2.21. The summed E-state index contributed by atoms with van der Waals surface area (Å²) in [6.07, 6.45) is 0. The van der Waals surface area contributed by atoms with E-state index in [1.165, 1.54) is 42.7 Å². The number of fused-ring (bicyclic) bond motifs is 1. The molecule has 4 aromatic rings. The molecule has 0 aliphatic heterocycles. The molecule has 0 fully saturated rings. The maximum Gasteiger partial charge on any atom is 0.337 e. The monoisotopic (exact) mass is 489 g/mol. The van der Waals surface area contributed by atoms with Gasteiger partial charge in [-0.05, 0) is 42.5 Å². The normalized spacial score (nSPS) is 10.4. The number of carbonyl (C=O) groups is 3. The Labute approximate surface area is 203 Å². The highest BCUT2D eigenvalue weighted by Crippen LogP contribution is 2.36. The highest BCUT2D eigenvalue weighted by atomic mass is 35.5. The lowest BCUT2D eigenvalue weighted by Gasteiger charge is -2.13. The van der Waals surface area contributed by atoms with Crippen molar-refractivity contribution in [2.45, 2.75) is 0 Å². The molecule has 1 heterocycles. The highest BCUT2D eigenvalue weighted by molar-refractivity contribution is 7.21. The van der Waals surface area contributed by atoms with Crippen molar-refractivity contribution in [3.63, 3.8) is 0 Å². The largest absolute Gasteiger partial charge is 0.465 e. The van der Waals surface area contributed by atoms with Crippen LogP contribution in [0.4, 0.5) is 11.4 Å². The quantitative estimate of drug-likeness (QED) is 0.349. The molecule has 34 heavy (non-hydrogen) atoms. The summed E-state index contributed by atoms with van der Waals surface area (Å²) in [6, 6.07) is 20.0. The Morgan fingerprint density at radius 1 is 0.971 bits per heavy atom. The molecule has 0 aliphatic carbocycles. The molecule has 0 radical (unpaired) electrons. The van der Waals surface area contributed by atoms with Gasteiger partial charge in [0.1, 0.15) is 4.88 Å². The number of nitrogens with zero attached hydrogens (tertiary/aromatic N) is 1. The van der Waals surface area contributed by atoms with Crippen molar-refractivity contribution in [3.05, 3.63) is 93.3 Å². The first-order chi connectivity index (χ1) is 16.4. The van der Waals surface area contributed by atoms with Crippen LogP contribution in [0.5, 0.6) is 0 Å². The molecule has 2 amide bonds. The lowest BCUT2D eigenvalue weighted by molar-refractivity contribution is 0.0600. The van der Waals surface area contributed by atoms with Crippen LogP contribution < -0.4 is 10.6 Å². The van der Waals surface area contributed by atoms with Gasteiger partial charge in [-0.3, -0.25) is 9.59 Å². The van der Waals surface area contributed by atoms with Crippen LogP contribution in [-0.2, 0) is 4.74 Å². The Morgan fingerprint density at radius 3 is 2.50 bits per heavy atom. The van der Waals surface area contributed by atoms with Crippen molar-refractivity contribution >= 4 is 62.2 Å². The average molecular weight is 490 g/mol. The van der Waals surface area contributed by atoms with Gasteiger partial charge < -0.3 is 15.4 Å². The van der Waals surface area contributed by atoms with Crippen LogP contribution in [0.1, 0.15) is 36.0 Å². The van der Waals surface area contributed by atoms with Gasteiger partial charge in [-0.15, -0.1) is 11.3 Å². The first-order valence-electron chi connectivity index (χ1n) is 9.93. The molecule has 0 saturated heterocycles. The Bertz CT molecular complexity index is 1490. The van der Waals surface area contributed by atoms with Gasteiger partial charge in [0, 0.05) is 15.8 Å². The van der Waals surface area contributed by atoms with E-state index in [0.717, 1.165) is 10.1 Å². The first-order valence-corrected chi connectivity index (χ1v) is 11.1. The van der Waals surface area contributed by atoms with Gasteiger partial charge in [-0.2, -0.15) is 5.26 Å². The van der Waals surface area contributed by atoms with Gasteiger partial charge in [0.2, 0.25) is 0 Å². The molecule has 168 valence electrons. The Morgan fingerprint density at radius 2 is 1.76 bits per heavy atom. The molecule has 2 N–H and O–H groups in total. The lowest BCUT2D eigenvalue weighted by Crippen LogP contribution is -2.19. The first kappa shape index (κ1) is 23.0. The van der Waals surface area contributed by atoms with Gasteiger partial charge in [0.25, 0.3) is 11.8 Å². The van der Waals surface area contributed by atoms with Crippen LogP contribution in [0.3, 0.4) is 0 Å². The van der Waals surface area contributed by atoms with Crippen molar-refractivity contribution in [2.24, 2.45) is 0 Å². The van der Waals surface area contributed by atoms with E-state index in [4.69, 9.17) is 21.6 Å². The molecule has 1 aromatic heterocycles. The van der Waals surface area contributed by atoms with Crippen LogP contribution in [0, 0.1) is 11.3 Å². The van der Waals surface area contributed by atoms with Gasteiger partial charge in [-0.25, -0.2) is 4.79 Å². The van der Waals surface area contributed by atoms with Crippen LogP contribution in [0.15, 0.2) is 66.7 Å². The fraction of sp³-hybridized carbons (Fsp3) is 0.0400. The number of hydrogen-bond donors (Lipinski definition) is 2. The maximum atomic E-state index is 13.1. The minimum absolute atomic E-state index is 0.107.